The number of nitrogens with zero attached hydrogens (tertiary/aromatic N) is 4. The van der Waals surface area contributed by atoms with Crippen LogP contribution in [0.25, 0.3) is 11.5 Å². The second-order valence-electron chi connectivity index (χ2n) is 5.83. The third kappa shape index (κ3) is 3.78. The van der Waals surface area contributed by atoms with E-state index in [0.717, 1.165) is 0 Å². The summed E-state index contributed by atoms with van der Waals surface area (Å²) in [6.07, 6.45) is 0.586. The van der Waals surface area contributed by atoms with Crippen LogP contribution in [-0.4, -0.2) is 64.1 Å². The van der Waals surface area contributed by atoms with Crippen molar-refractivity contribution in [1.29, 1.82) is 0 Å². The Balaban J connectivity index is 1.66. The summed E-state index contributed by atoms with van der Waals surface area (Å²) in [7, 11) is 0. The highest BCUT2D eigenvalue weighted by Crippen LogP contribution is 2.29. The fourth-order valence-electron chi connectivity index (χ4n) is 2.78. The summed E-state index contributed by atoms with van der Waals surface area (Å²) in [6.45, 7) is 5.37. The summed E-state index contributed by atoms with van der Waals surface area (Å²) in [5.41, 5.74) is 0.640. The number of ether oxygens (including phenoxy) is 1. The lowest BCUT2D eigenvalue weighted by molar-refractivity contribution is -0.143. The number of amides is 2. The molecule has 0 spiro atoms. The van der Waals surface area contributed by atoms with Gasteiger partial charge in [-0.1, -0.05) is 12.1 Å². The molecule has 8 heteroatoms. The van der Waals surface area contributed by atoms with E-state index in [1.807, 2.05) is 12.1 Å². The zero-order valence-electron chi connectivity index (χ0n) is 14.2. The molecule has 0 bridgehead atoms. The maximum absolute atomic E-state index is 12.6. The molecule has 2 amide bonds. The van der Waals surface area contributed by atoms with Crippen molar-refractivity contribution >= 4 is 11.8 Å². The smallest absolute Gasteiger partial charge is 0.263 e. The first-order chi connectivity index (χ1) is 12.1. The van der Waals surface area contributed by atoms with Crippen LogP contribution in [0.4, 0.5) is 0 Å². The highest BCUT2D eigenvalue weighted by atomic mass is 16.5. The molecule has 8 nitrogen and oxygen atoms in total. The fraction of sp³-hybridized carbons (Fsp3) is 0.412. The Kier molecular flexibility index (Phi) is 4.97. The van der Waals surface area contributed by atoms with Gasteiger partial charge in [0, 0.05) is 33.1 Å². The van der Waals surface area contributed by atoms with Crippen molar-refractivity contribution in [1.82, 2.24) is 20.0 Å². The van der Waals surface area contributed by atoms with Crippen LogP contribution in [-0.2, 0) is 9.59 Å². The first-order valence-electron chi connectivity index (χ1n) is 8.13. The van der Waals surface area contributed by atoms with Gasteiger partial charge in [-0.2, -0.15) is 0 Å². The zero-order chi connectivity index (χ0) is 17.8. The van der Waals surface area contributed by atoms with E-state index < -0.39 is 6.10 Å². The Morgan fingerprint density at radius 3 is 2.48 bits per heavy atom. The number of carbonyl (C=O) groups excluding carboxylic acids is 2. The van der Waals surface area contributed by atoms with Gasteiger partial charge in [-0.25, -0.2) is 0 Å². The summed E-state index contributed by atoms with van der Waals surface area (Å²) in [4.78, 5) is 27.5. The molecular formula is C17H20N4O4. The second kappa shape index (κ2) is 7.33. The quantitative estimate of drug-likeness (QED) is 0.828. The molecule has 1 saturated heterocycles. The van der Waals surface area contributed by atoms with Gasteiger partial charge in [0.15, 0.2) is 6.10 Å². The molecule has 132 valence electrons. The van der Waals surface area contributed by atoms with Gasteiger partial charge in [0.1, 0.15) is 5.75 Å². The van der Waals surface area contributed by atoms with Crippen molar-refractivity contribution in [2.75, 3.05) is 26.2 Å². The van der Waals surface area contributed by atoms with E-state index in [9.17, 15) is 9.59 Å². The maximum atomic E-state index is 12.6. The van der Waals surface area contributed by atoms with Crippen molar-refractivity contribution in [3.8, 4) is 17.2 Å². The van der Waals surface area contributed by atoms with Crippen molar-refractivity contribution in [3.63, 3.8) is 0 Å². The molecule has 1 aliphatic heterocycles. The number of carbonyl (C=O) groups is 2. The van der Waals surface area contributed by atoms with Crippen LogP contribution in [0.1, 0.15) is 13.8 Å². The van der Waals surface area contributed by atoms with Gasteiger partial charge in [0.25, 0.3) is 11.8 Å². The molecule has 25 heavy (non-hydrogen) atoms. The van der Waals surface area contributed by atoms with Crippen LogP contribution in [0.15, 0.2) is 35.1 Å². The maximum Gasteiger partial charge on any atom is 0.263 e. The highest BCUT2D eigenvalue weighted by molar-refractivity contribution is 5.82. The SMILES string of the molecule is CC(=O)N1CCN(C(=O)C(C)Oc2ccccc2-c2nnco2)CC1. The molecule has 2 aromatic rings. The first-order valence-corrected chi connectivity index (χ1v) is 8.13. The Labute approximate surface area is 145 Å². The third-order valence-electron chi connectivity index (χ3n) is 4.17. The topological polar surface area (TPSA) is 88.8 Å². The summed E-state index contributed by atoms with van der Waals surface area (Å²) < 4.78 is 11.1. The minimum absolute atomic E-state index is 0.0323. The van der Waals surface area contributed by atoms with Gasteiger partial charge in [-0.05, 0) is 19.1 Å². The lowest BCUT2D eigenvalue weighted by Gasteiger charge is -2.35. The standard InChI is InChI=1S/C17H20N4O4/c1-12(17(23)21-9-7-20(8-10-21)13(2)22)25-15-6-4-3-5-14(15)16-19-18-11-24-16/h3-6,11-12H,7-10H2,1-2H3. The lowest BCUT2D eigenvalue weighted by Crippen LogP contribution is -2.52. The first kappa shape index (κ1) is 16.9. The van der Waals surface area contributed by atoms with Gasteiger partial charge < -0.3 is 19.0 Å². The van der Waals surface area contributed by atoms with Crippen molar-refractivity contribution in [3.05, 3.63) is 30.7 Å². The molecule has 1 aromatic heterocycles. The number of hydrogen-bond donors (Lipinski definition) is 0. The van der Waals surface area contributed by atoms with E-state index >= 15 is 0 Å². The molecular weight excluding hydrogens is 324 g/mol. The lowest BCUT2D eigenvalue weighted by atomic mass is 10.2. The van der Waals surface area contributed by atoms with E-state index in [0.29, 0.717) is 43.4 Å². The molecule has 1 fully saturated rings. The summed E-state index contributed by atoms with van der Waals surface area (Å²) in [5.74, 6) is 0.772. The molecule has 0 radical (unpaired) electrons. The number of rotatable bonds is 4. The van der Waals surface area contributed by atoms with Crippen LogP contribution in [0.3, 0.4) is 0 Å². The molecule has 1 unspecified atom stereocenters. The monoisotopic (exact) mass is 344 g/mol. The molecule has 1 aliphatic rings. The molecule has 0 aliphatic carbocycles. The zero-order valence-corrected chi connectivity index (χ0v) is 14.2. The Bertz CT molecular complexity index is 739. The van der Waals surface area contributed by atoms with E-state index in [1.165, 1.54) is 13.3 Å². The van der Waals surface area contributed by atoms with E-state index in [1.54, 1.807) is 28.9 Å². The van der Waals surface area contributed by atoms with Gasteiger partial charge in [0.2, 0.25) is 12.3 Å². The summed E-state index contributed by atoms with van der Waals surface area (Å²) >= 11 is 0. The molecule has 1 aromatic carbocycles. The minimum atomic E-state index is -0.659. The van der Waals surface area contributed by atoms with Gasteiger partial charge in [-0.3, -0.25) is 9.59 Å². The van der Waals surface area contributed by atoms with Crippen molar-refractivity contribution < 1.29 is 18.7 Å². The van der Waals surface area contributed by atoms with Crippen LogP contribution < -0.4 is 4.74 Å². The average Bonchev–Trinajstić information content (AvgIpc) is 3.16. The van der Waals surface area contributed by atoms with E-state index in [4.69, 9.17) is 9.15 Å². The van der Waals surface area contributed by atoms with Gasteiger partial charge >= 0.3 is 0 Å². The van der Waals surface area contributed by atoms with Crippen LogP contribution in [0.2, 0.25) is 0 Å². The number of hydrogen-bond acceptors (Lipinski definition) is 6. The predicted octanol–water partition coefficient (Wildman–Crippen LogP) is 1.19. The van der Waals surface area contributed by atoms with E-state index in [-0.39, 0.29) is 11.8 Å². The predicted molar refractivity (Wildman–Crippen MR) is 88.7 cm³/mol. The minimum Gasteiger partial charge on any atom is -0.480 e. The molecule has 0 saturated carbocycles. The van der Waals surface area contributed by atoms with Crippen LogP contribution in [0.5, 0.6) is 5.75 Å². The Hall–Kier alpha value is -2.90. The number of para-hydroxylation sites is 1. The highest BCUT2D eigenvalue weighted by Gasteiger charge is 2.27. The fourth-order valence-corrected chi connectivity index (χ4v) is 2.78. The normalized spacial score (nSPS) is 15.8. The number of piperazine rings is 1. The summed E-state index contributed by atoms with van der Waals surface area (Å²) in [5, 5.41) is 7.55. The summed E-state index contributed by atoms with van der Waals surface area (Å²) in [6, 6.07) is 7.21. The van der Waals surface area contributed by atoms with Crippen molar-refractivity contribution in [2.45, 2.75) is 20.0 Å². The van der Waals surface area contributed by atoms with Crippen molar-refractivity contribution in [2.24, 2.45) is 0 Å². The molecule has 2 heterocycles. The number of aromatic nitrogens is 2. The molecule has 3 rings (SSSR count). The van der Waals surface area contributed by atoms with Crippen LogP contribution in [0, 0.1) is 0 Å². The largest absolute Gasteiger partial charge is 0.480 e. The third-order valence-corrected chi connectivity index (χ3v) is 4.17. The Morgan fingerprint density at radius 1 is 1.16 bits per heavy atom. The van der Waals surface area contributed by atoms with Gasteiger partial charge in [-0.15, -0.1) is 10.2 Å². The van der Waals surface area contributed by atoms with Crippen LogP contribution >= 0.6 is 0 Å². The second-order valence-corrected chi connectivity index (χ2v) is 5.83. The Morgan fingerprint density at radius 2 is 1.84 bits per heavy atom. The molecule has 1 atom stereocenters. The number of benzene rings is 1. The average molecular weight is 344 g/mol. The van der Waals surface area contributed by atoms with E-state index in [2.05, 4.69) is 10.2 Å². The van der Waals surface area contributed by atoms with Gasteiger partial charge in [0.05, 0.1) is 5.56 Å². The molecule has 0 N–H and O–H groups in total.